The van der Waals surface area contributed by atoms with Crippen molar-refractivity contribution in [2.45, 2.75) is 76.5 Å². The molecule has 2 aromatic rings. The van der Waals surface area contributed by atoms with Crippen LogP contribution in [0.15, 0.2) is 42.5 Å². The average molecular weight is 532 g/mol. The van der Waals surface area contributed by atoms with Gasteiger partial charge in [0, 0.05) is 24.2 Å². The van der Waals surface area contributed by atoms with E-state index in [4.69, 9.17) is 17.9 Å². The van der Waals surface area contributed by atoms with Gasteiger partial charge in [-0.2, -0.15) is 13.2 Å². The predicted molar refractivity (Wildman–Crippen MR) is 141 cm³/mol. The van der Waals surface area contributed by atoms with Crippen molar-refractivity contribution in [1.82, 2.24) is 5.32 Å². The molecule has 0 aromatic heterocycles. The van der Waals surface area contributed by atoms with Crippen LogP contribution in [-0.4, -0.2) is 43.4 Å². The zero-order chi connectivity index (χ0) is 27.2. The number of carbonyl (C=O) groups excluding carboxylic acids is 1. The summed E-state index contributed by atoms with van der Waals surface area (Å²) in [5.74, 6) is 0.225. The second kappa shape index (κ2) is 12.1. The summed E-state index contributed by atoms with van der Waals surface area (Å²) in [7, 11) is -2.61. The third-order valence-corrected chi connectivity index (χ3v) is 7.19. The van der Waals surface area contributed by atoms with Gasteiger partial charge in [0.05, 0.1) is 11.8 Å². The van der Waals surface area contributed by atoms with Gasteiger partial charge >= 0.3 is 16.6 Å². The summed E-state index contributed by atoms with van der Waals surface area (Å²) in [6.45, 7) is 6.87. The topological polar surface area (TPSA) is 140 Å². The maximum Gasteiger partial charge on any atom is 0.415 e. The van der Waals surface area contributed by atoms with Crippen LogP contribution < -0.4 is 10.2 Å². The molecule has 1 aliphatic carbocycles. The maximum atomic E-state index is 13.1. The van der Waals surface area contributed by atoms with Gasteiger partial charge in [-0.15, -0.1) is 0 Å². The number of rotatable bonds is 7. The number of hydrogen-bond acceptors (Lipinski definition) is 8. The summed E-state index contributed by atoms with van der Waals surface area (Å²) in [6.07, 6.45) is 4.91. The van der Waals surface area contributed by atoms with E-state index in [2.05, 4.69) is 25.2 Å². The van der Waals surface area contributed by atoms with Crippen molar-refractivity contribution >= 4 is 22.3 Å². The van der Waals surface area contributed by atoms with Crippen molar-refractivity contribution in [1.29, 1.82) is 4.78 Å². The highest BCUT2D eigenvalue weighted by Crippen LogP contribution is 2.47. The van der Waals surface area contributed by atoms with E-state index in [1.807, 2.05) is 25.1 Å². The molecule has 9 nitrogen and oxygen atoms in total. The van der Waals surface area contributed by atoms with Gasteiger partial charge in [-0.25, -0.2) is 4.79 Å². The van der Waals surface area contributed by atoms with Crippen LogP contribution in [0.25, 0.3) is 0 Å². The summed E-state index contributed by atoms with van der Waals surface area (Å²) in [6, 6.07) is 13.3. The molecule has 1 heterocycles. The number of benzene rings is 2. The zero-order valence-electron chi connectivity index (χ0n) is 21.7. The molecule has 2 aliphatic rings. The first-order chi connectivity index (χ1) is 17.4. The molecule has 1 fully saturated rings. The highest BCUT2D eigenvalue weighted by molar-refractivity contribution is 7.60. The molecule has 1 saturated carbocycles. The lowest BCUT2D eigenvalue weighted by molar-refractivity contribution is -0.0231. The first kappa shape index (κ1) is 28.6. The minimum atomic E-state index is -2.61. The van der Waals surface area contributed by atoms with Crippen molar-refractivity contribution in [2.24, 2.45) is 0 Å². The van der Waals surface area contributed by atoms with Gasteiger partial charge in [0.2, 0.25) is 0 Å². The Morgan fingerprint density at radius 3 is 2.46 bits per heavy atom. The Labute approximate surface area is 220 Å². The fourth-order valence-corrected chi connectivity index (χ4v) is 5.03. The number of aliphatic hydroxyl groups is 1. The Hall–Kier alpha value is -2.95. The molecule has 1 atom stereocenters. The van der Waals surface area contributed by atoms with Crippen molar-refractivity contribution < 1.29 is 28.2 Å². The van der Waals surface area contributed by atoms with Crippen LogP contribution in [0.1, 0.15) is 75.2 Å². The van der Waals surface area contributed by atoms with Crippen LogP contribution in [-0.2, 0) is 20.8 Å². The fraction of sp³-hybridized carbons (Fsp3) is 0.519. The van der Waals surface area contributed by atoms with Gasteiger partial charge in [0.15, 0.2) is 0 Å². The van der Waals surface area contributed by atoms with Crippen molar-refractivity contribution in [3.63, 3.8) is 0 Å². The monoisotopic (exact) mass is 531 g/mol. The van der Waals surface area contributed by atoms with E-state index in [0.717, 1.165) is 48.1 Å². The summed E-state index contributed by atoms with van der Waals surface area (Å²) < 4.78 is 28.9. The van der Waals surface area contributed by atoms with E-state index in [-0.39, 0.29) is 17.4 Å². The molecule has 1 amide bonds. The number of amides is 1. The standard InChI is InChI=1S/C27H36N2O4.HNO2S/c1-19-17-20(11-12-23(19)30)24(31)18-28-26(2,3)15-16-29-22-10-6-5-9-21(22)27(33-25(29)32)13-7-4-8-14-27;1-4(2)3/h5-6,9-12,17,24,28,30-31H,4,7-8,13-16,18H2,1-3H3;1H. The third kappa shape index (κ3) is 7.30. The molecule has 202 valence electrons. The summed E-state index contributed by atoms with van der Waals surface area (Å²) >= 11 is 0. The number of phenols is 1. The van der Waals surface area contributed by atoms with Gasteiger partial charge in [0.25, 0.3) is 0 Å². The first-order valence-electron chi connectivity index (χ1n) is 12.6. The molecule has 4 rings (SSSR count). The minimum absolute atomic E-state index is 0.225. The maximum absolute atomic E-state index is 13.1. The number of carbonyl (C=O) groups is 1. The fourth-order valence-electron chi connectivity index (χ4n) is 5.03. The van der Waals surface area contributed by atoms with Gasteiger partial charge in [-0.3, -0.25) is 4.90 Å². The van der Waals surface area contributed by atoms with E-state index >= 15 is 0 Å². The number of aliphatic hydroxyl groups excluding tert-OH is 1. The number of hydrogen-bond donors (Lipinski definition) is 4. The van der Waals surface area contributed by atoms with E-state index in [1.54, 1.807) is 23.1 Å². The number of para-hydroxylation sites is 1. The van der Waals surface area contributed by atoms with Gasteiger partial charge < -0.3 is 20.3 Å². The average Bonchev–Trinajstić information content (AvgIpc) is 2.84. The van der Waals surface area contributed by atoms with Crippen LogP contribution in [0.2, 0.25) is 0 Å². The SMILES string of the molecule is Cc1cc(C(O)CNC(C)(C)CCN2C(=O)OC3(CCCCC3)c3ccccc32)ccc1O.N=S(=O)=O. The molecule has 0 radical (unpaired) electrons. The van der Waals surface area contributed by atoms with Crippen LogP contribution >= 0.6 is 0 Å². The number of aromatic hydroxyl groups is 1. The van der Waals surface area contributed by atoms with Crippen molar-refractivity contribution in [2.75, 3.05) is 18.0 Å². The lowest BCUT2D eigenvalue weighted by Gasteiger charge is -2.45. The number of nitrogens with zero attached hydrogens (tertiary/aromatic N) is 1. The predicted octanol–water partition coefficient (Wildman–Crippen LogP) is 4.94. The molecule has 1 spiro atoms. The van der Waals surface area contributed by atoms with Crippen LogP contribution in [0.5, 0.6) is 5.75 Å². The Balaban J connectivity index is 0.000000886. The van der Waals surface area contributed by atoms with Crippen LogP contribution in [0.4, 0.5) is 10.5 Å². The van der Waals surface area contributed by atoms with E-state index in [9.17, 15) is 15.0 Å². The van der Waals surface area contributed by atoms with Crippen LogP contribution in [0, 0.1) is 11.7 Å². The number of β-amino-alcohol motifs (C(OH)–C–C–N with tert-alkyl or cyclic N) is 1. The van der Waals surface area contributed by atoms with Crippen molar-refractivity contribution in [3.8, 4) is 5.75 Å². The molecule has 4 N–H and O–H groups in total. The molecule has 37 heavy (non-hydrogen) atoms. The van der Waals surface area contributed by atoms with E-state index < -0.39 is 22.2 Å². The van der Waals surface area contributed by atoms with E-state index in [0.29, 0.717) is 19.5 Å². The van der Waals surface area contributed by atoms with E-state index in [1.165, 1.54) is 6.42 Å². The van der Waals surface area contributed by atoms with Gasteiger partial charge in [-0.1, -0.05) is 30.7 Å². The molecule has 0 bridgehead atoms. The number of anilines is 1. The second-order valence-corrected chi connectivity index (χ2v) is 10.9. The number of nitrogens with one attached hydrogen (secondary N) is 2. The molecule has 0 saturated heterocycles. The molecule has 10 heteroatoms. The highest BCUT2D eigenvalue weighted by Gasteiger charge is 2.45. The van der Waals surface area contributed by atoms with Crippen molar-refractivity contribution in [3.05, 3.63) is 59.2 Å². The molecule has 1 unspecified atom stereocenters. The minimum Gasteiger partial charge on any atom is -0.508 e. The quantitative estimate of drug-likeness (QED) is 0.397. The third-order valence-electron chi connectivity index (χ3n) is 7.19. The lowest BCUT2D eigenvalue weighted by Crippen LogP contribution is -2.50. The molecular weight excluding hydrogens is 494 g/mol. The summed E-state index contributed by atoms with van der Waals surface area (Å²) in [5, 5.41) is 23.7. The number of fused-ring (bicyclic) bond motifs is 2. The molecule has 2 aromatic carbocycles. The summed E-state index contributed by atoms with van der Waals surface area (Å²) in [5.41, 5.74) is 2.83. The lowest BCUT2D eigenvalue weighted by atomic mass is 9.78. The first-order valence-corrected chi connectivity index (χ1v) is 13.6. The Kier molecular flexibility index (Phi) is 9.33. The highest BCUT2D eigenvalue weighted by atomic mass is 32.2. The Bertz CT molecular complexity index is 1200. The number of ether oxygens (including phenoxy) is 1. The van der Waals surface area contributed by atoms with Gasteiger partial charge in [-0.05, 0) is 82.2 Å². The Morgan fingerprint density at radius 1 is 1.16 bits per heavy atom. The molecular formula is C27H37N3O6S. The van der Waals surface area contributed by atoms with Crippen LogP contribution in [0.3, 0.4) is 0 Å². The zero-order valence-corrected chi connectivity index (χ0v) is 22.5. The number of aryl methyl sites for hydroxylation is 1. The number of phenolic OH excluding ortho intramolecular Hbond substituents is 1. The normalized spacial score (nSPS) is 17.3. The summed E-state index contributed by atoms with van der Waals surface area (Å²) in [4.78, 5) is 14.8. The molecule has 1 aliphatic heterocycles. The Morgan fingerprint density at radius 2 is 1.81 bits per heavy atom. The van der Waals surface area contributed by atoms with Gasteiger partial charge in [0.1, 0.15) is 11.4 Å². The second-order valence-electron chi connectivity index (χ2n) is 10.4. The smallest absolute Gasteiger partial charge is 0.415 e. The largest absolute Gasteiger partial charge is 0.508 e.